The topological polar surface area (TPSA) is 29.1 Å². The van der Waals surface area contributed by atoms with Crippen molar-refractivity contribution in [2.45, 2.75) is 0 Å². The first-order valence-corrected chi connectivity index (χ1v) is 4.15. The minimum absolute atomic E-state index is 0.144. The molecule has 0 saturated heterocycles. The molecule has 1 aromatic rings. The summed E-state index contributed by atoms with van der Waals surface area (Å²) < 4.78 is 0.936. The van der Waals surface area contributed by atoms with E-state index in [1.165, 1.54) is 0 Å². The Morgan fingerprint density at radius 2 is 2.09 bits per heavy atom. The van der Waals surface area contributed by atoms with E-state index in [0.717, 1.165) is 3.57 Å². The van der Waals surface area contributed by atoms with Crippen molar-refractivity contribution in [3.05, 3.63) is 40.4 Å². The molecule has 0 aliphatic carbocycles. The van der Waals surface area contributed by atoms with Crippen LogP contribution in [0, 0.1) is 10.6 Å². The van der Waals surface area contributed by atoms with E-state index in [1.807, 2.05) is 18.2 Å². The molecule has 0 saturated carbocycles. The smallest absolute Gasteiger partial charge is 0.252 e. The van der Waals surface area contributed by atoms with Crippen LogP contribution < -0.4 is 5.32 Å². The van der Waals surface area contributed by atoms with Gasteiger partial charge in [0.15, 0.2) is 0 Å². The summed E-state index contributed by atoms with van der Waals surface area (Å²) in [6, 6.07) is 7.36. The molecule has 0 atom stereocenters. The summed E-state index contributed by atoms with van der Waals surface area (Å²) in [5, 5.41) is 2.33. The molecule has 57 valence electrons. The van der Waals surface area contributed by atoms with Gasteiger partial charge in [-0.05, 0) is 34.7 Å². The Labute approximate surface area is 79.1 Å². The Morgan fingerprint density at radius 3 is 2.64 bits per heavy atom. The molecule has 0 bridgehead atoms. The first kappa shape index (κ1) is 8.52. The zero-order valence-electron chi connectivity index (χ0n) is 5.80. The quantitative estimate of drug-likeness (QED) is 0.766. The zero-order chi connectivity index (χ0) is 8.27. The van der Waals surface area contributed by atoms with Gasteiger partial charge in [-0.3, -0.25) is 4.79 Å². The van der Waals surface area contributed by atoms with E-state index in [-0.39, 0.29) is 5.91 Å². The average Bonchev–Trinajstić information content (AvgIpc) is 2.04. The maximum Gasteiger partial charge on any atom is 0.252 e. The minimum Gasteiger partial charge on any atom is -0.350 e. The Kier molecular flexibility index (Phi) is 2.87. The Hall–Kier alpha value is -0.580. The number of rotatable bonds is 1. The van der Waals surface area contributed by atoms with E-state index < -0.39 is 0 Å². The second-order valence-electron chi connectivity index (χ2n) is 1.99. The molecule has 0 aliphatic heterocycles. The number of carbonyl (C=O) groups excluding carboxylic acids is 1. The summed E-state index contributed by atoms with van der Waals surface area (Å²) in [7, 11) is 3.30. The van der Waals surface area contributed by atoms with Gasteiger partial charge in [-0.25, -0.2) is 0 Å². The molecule has 0 aromatic heterocycles. The van der Waals surface area contributed by atoms with Gasteiger partial charge < -0.3 is 5.32 Å². The fraction of sp³-hybridized carbons (Fsp3) is 0. The van der Waals surface area contributed by atoms with Crippen molar-refractivity contribution >= 4 is 28.5 Å². The van der Waals surface area contributed by atoms with E-state index in [9.17, 15) is 4.79 Å². The number of nitrogens with one attached hydrogen (secondary N) is 1. The molecule has 1 radical (unpaired) electrons. The molecular formula is C8H7INO. The molecule has 11 heavy (non-hydrogen) atoms. The van der Waals surface area contributed by atoms with Gasteiger partial charge >= 0.3 is 0 Å². The molecule has 0 aliphatic rings. The van der Waals surface area contributed by atoms with Gasteiger partial charge in [0.25, 0.3) is 5.91 Å². The van der Waals surface area contributed by atoms with E-state index >= 15 is 0 Å². The highest BCUT2D eigenvalue weighted by atomic mass is 127. The van der Waals surface area contributed by atoms with Crippen LogP contribution in [0.4, 0.5) is 0 Å². The van der Waals surface area contributed by atoms with Crippen LogP contribution in [0.2, 0.25) is 0 Å². The lowest BCUT2D eigenvalue weighted by Crippen LogP contribution is -2.16. The Bertz CT molecular complexity index is 273. The normalized spacial score (nSPS) is 9.27. The van der Waals surface area contributed by atoms with Gasteiger partial charge in [0.2, 0.25) is 0 Å². The van der Waals surface area contributed by atoms with E-state index in [2.05, 4.69) is 35.0 Å². The van der Waals surface area contributed by atoms with Crippen LogP contribution in [0.15, 0.2) is 24.3 Å². The van der Waals surface area contributed by atoms with E-state index in [4.69, 9.17) is 0 Å². The minimum atomic E-state index is -0.144. The van der Waals surface area contributed by atoms with Crippen molar-refractivity contribution in [1.82, 2.24) is 5.32 Å². The molecular weight excluding hydrogens is 253 g/mol. The third-order valence-electron chi connectivity index (χ3n) is 1.28. The zero-order valence-corrected chi connectivity index (χ0v) is 7.96. The monoisotopic (exact) mass is 260 g/mol. The number of benzene rings is 1. The molecule has 1 amide bonds. The van der Waals surface area contributed by atoms with Crippen molar-refractivity contribution in [1.29, 1.82) is 0 Å². The number of amides is 1. The Morgan fingerprint density at radius 1 is 1.45 bits per heavy atom. The predicted molar refractivity (Wildman–Crippen MR) is 52.0 cm³/mol. The van der Waals surface area contributed by atoms with Crippen LogP contribution in [0.1, 0.15) is 10.4 Å². The summed E-state index contributed by atoms with van der Waals surface area (Å²) >= 11 is 2.11. The largest absolute Gasteiger partial charge is 0.350 e. The van der Waals surface area contributed by atoms with Gasteiger partial charge in [0, 0.05) is 10.6 Å². The second kappa shape index (κ2) is 3.71. The molecule has 0 heterocycles. The molecule has 1 N–H and O–H groups in total. The van der Waals surface area contributed by atoms with Gasteiger partial charge in [-0.15, -0.1) is 0 Å². The summed E-state index contributed by atoms with van der Waals surface area (Å²) in [5.74, 6) is -0.144. The molecule has 0 fully saturated rings. The van der Waals surface area contributed by atoms with E-state index in [0.29, 0.717) is 5.56 Å². The summed E-state index contributed by atoms with van der Waals surface area (Å²) in [5.41, 5.74) is 0.670. The number of hydrogen-bond acceptors (Lipinski definition) is 1. The highest BCUT2D eigenvalue weighted by Gasteiger charge is 2.04. The van der Waals surface area contributed by atoms with Crippen molar-refractivity contribution in [2.24, 2.45) is 0 Å². The van der Waals surface area contributed by atoms with Crippen molar-refractivity contribution < 1.29 is 4.79 Å². The first-order chi connectivity index (χ1) is 5.25. The van der Waals surface area contributed by atoms with Gasteiger partial charge in [-0.1, -0.05) is 12.1 Å². The predicted octanol–water partition coefficient (Wildman–Crippen LogP) is 1.81. The van der Waals surface area contributed by atoms with Crippen molar-refractivity contribution in [2.75, 3.05) is 0 Å². The lowest BCUT2D eigenvalue weighted by Gasteiger charge is -2.00. The maximum atomic E-state index is 11.1. The third kappa shape index (κ3) is 1.92. The number of hydrogen-bond donors (Lipinski definition) is 1. The van der Waals surface area contributed by atoms with Crippen LogP contribution in [0.3, 0.4) is 0 Å². The van der Waals surface area contributed by atoms with Crippen LogP contribution in [-0.4, -0.2) is 5.91 Å². The molecule has 1 rings (SSSR count). The highest BCUT2D eigenvalue weighted by Crippen LogP contribution is 2.10. The fourth-order valence-electron chi connectivity index (χ4n) is 0.741. The maximum absolute atomic E-state index is 11.1. The lowest BCUT2D eigenvalue weighted by molar-refractivity contribution is 0.0968. The van der Waals surface area contributed by atoms with Crippen LogP contribution in [0.25, 0.3) is 0 Å². The van der Waals surface area contributed by atoms with Crippen LogP contribution in [0.5, 0.6) is 0 Å². The molecule has 0 spiro atoms. The van der Waals surface area contributed by atoms with Gasteiger partial charge in [0.1, 0.15) is 0 Å². The SMILES string of the molecule is [CH2]NC(=O)c1ccccc1I. The average molecular weight is 260 g/mol. The van der Waals surface area contributed by atoms with Gasteiger partial charge in [-0.2, -0.15) is 0 Å². The first-order valence-electron chi connectivity index (χ1n) is 3.07. The lowest BCUT2D eigenvalue weighted by atomic mass is 10.2. The number of carbonyl (C=O) groups is 1. The standard InChI is InChI=1S/C8H7INO/c1-10-8(11)6-4-2-3-5-7(6)9/h2-5H,1H2,(H,10,11). The molecule has 1 aromatic carbocycles. The van der Waals surface area contributed by atoms with E-state index in [1.54, 1.807) is 6.07 Å². The highest BCUT2D eigenvalue weighted by molar-refractivity contribution is 14.1. The second-order valence-corrected chi connectivity index (χ2v) is 3.15. The molecule has 2 nitrogen and oxygen atoms in total. The number of halogens is 1. The summed E-state index contributed by atoms with van der Waals surface area (Å²) in [4.78, 5) is 11.1. The van der Waals surface area contributed by atoms with Crippen LogP contribution in [-0.2, 0) is 0 Å². The summed E-state index contributed by atoms with van der Waals surface area (Å²) in [6.45, 7) is 0. The fourth-order valence-corrected chi connectivity index (χ4v) is 1.37. The molecule has 0 unspecified atom stereocenters. The third-order valence-corrected chi connectivity index (χ3v) is 2.22. The van der Waals surface area contributed by atoms with Crippen molar-refractivity contribution in [3.63, 3.8) is 0 Å². The van der Waals surface area contributed by atoms with Gasteiger partial charge in [0.05, 0.1) is 5.56 Å². The molecule has 3 heteroatoms. The Balaban J connectivity index is 3.03. The van der Waals surface area contributed by atoms with Crippen molar-refractivity contribution in [3.8, 4) is 0 Å². The van der Waals surface area contributed by atoms with Crippen LogP contribution >= 0.6 is 22.6 Å². The summed E-state index contributed by atoms with van der Waals surface area (Å²) in [6.07, 6.45) is 0.